The highest BCUT2D eigenvalue weighted by Gasteiger charge is 2.34. The normalized spacial score (nSPS) is 20.5. The van der Waals surface area contributed by atoms with E-state index in [-0.39, 0.29) is 11.5 Å². The molecular formula is C14H28O4S2. The van der Waals surface area contributed by atoms with Crippen molar-refractivity contribution in [2.75, 3.05) is 23.0 Å². The van der Waals surface area contributed by atoms with Crippen LogP contribution in [0.5, 0.6) is 0 Å². The number of carbonyl (C=O) groups excluding carboxylic acids is 1. The highest BCUT2D eigenvalue weighted by atomic mass is 32.3. The predicted molar refractivity (Wildman–Crippen MR) is 85.7 cm³/mol. The Hall–Kier alpha value is -0.0700. The molecule has 1 rings (SSSR count). The summed E-state index contributed by atoms with van der Waals surface area (Å²) in [5.41, 5.74) is 0. The van der Waals surface area contributed by atoms with Gasteiger partial charge in [0.15, 0.2) is 0 Å². The number of hydrogen-bond donors (Lipinski definition) is 0. The molecule has 6 heteroatoms. The van der Waals surface area contributed by atoms with Crippen LogP contribution in [0.15, 0.2) is 0 Å². The predicted octanol–water partition coefficient (Wildman–Crippen LogP) is 3.41. The summed E-state index contributed by atoms with van der Waals surface area (Å²) in [5.74, 6) is 2.13. The highest BCUT2D eigenvalue weighted by molar-refractivity contribution is 8.33. The summed E-state index contributed by atoms with van der Waals surface area (Å²) >= 11 is 0. The summed E-state index contributed by atoms with van der Waals surface area (Å²) in [5, 5.41) is 0. The van der Waals surface area contributed by atoms with Gasteiger partial charge < -0.3 is 0 Å². The molecule has 0 N–H and O–H groups in total. The topological polar surface area (TPSA) is 60.4 Å². The molecule has 1 fully saturated rings. The Morgan fingerprint density at radius 1 is 1.10 bits per heavy atom. The van der Waals surface area contributed by atoms with Gasteiger partial charge in [-0.3, -0.25) is 4.79 Å². The van der Waals surface area contributed by atoms with E-state index in [0.717, 1.165) is 43.6 Å². The average Bonchev–Trinajstić information content (AvgIpc) is 2.36. The number of ketones is 1. The first-order chi connectivity index (χ1) is 9.43. The van der Waals surface area contributed by atoms with Crippen LogP contribution in [0.2, 0.25) is 0 Å². The molecule has 1 aliphatic heterocycles. The monoisotopic (exact) mass is 324 g/mol. The fraction of sp³-hybridized carbons (Fsp3) is 0.929. The van der Waals surface area contributed by atoms with Crippen molar-refractivity contribution in [3.63, 3.8) is 0 Å². The van der Waals surface area contributed by atoms with Crippen LogP contribution in [0.1, 0.15) is 58.8 Å². The lowest BCUT2D eigenvalue weighted by Gasteiger charge is -2.40. The molecule has 0 saturated carbocycles. The van der Waals surface area contributed by atoms with Crippen molar-refractivity contribution in [2.24, 2.45) is 0 Å². The van der Waals surface area contributed by atoms with E-state index in [2.05, 4.69) is 0 Å². The zero-order chi connectivity index (χ0) is 15.1. The largest absolute Gasteiger partial charge is 0.299 e. The number of hydrogen-bond acceptors (Lipinski definition) is 4. The SMILES string of the molecule is CCCCS(=O)(=O)OS1(CC(=O)CCC)CCCCC1. The molecule has 1 aliphatic rings. The minimum Gasteiger partial charge on any atom is -0.299 e. The van der Waals surface area contributed by atoms with Crippen molar-refractivity contribution in [3.05, 3.63) is 0 Å². The van der Waals surface area contributed by atoms with Gasteiger partial charge in [-0.2, -0.15) is 8.42 Å². The summed E-state index contributed by atoms with van der Waals surface area (Å²) < 4.78 is 29.8. The molecule has 0 amide bonds. The number of unbranched alkanes of at least 4 members (excludes halogenated alkanes) is 1. The molecule has 0 spiro atoms. The van der Waals surface area contributed by atoms with Gasteiger partial charge in [-0.15, -0.1) is 10.3 Å². The summed E-state index contributed by atoms with van der Waals surface area (Å²) in [6.07, 6.45) is 5.90. The van der Waals surface area contributed by atoms with Crippen LogP contribution in [0, 0.1) is 0 Å². The van der Waals surface area contributed by atoms with Crippen molar-refractivity contribution in [1.82, 2.24) is 0 Å². The third-order valence-electron chi connectivity index (χ3n) is 3.48. The first-order valence-electron chi connectivity index (χ1n) is 7.65. The minimum absolute atomic E-state index is 0.0835. The minimum atomic E-state index is -3.48. The zero-order valence-corrected chi connectivity index (χ0v) is 14.4. The molecule has 0 aromatic carbocycles. The highest BCUT2D eigenvalue weighted by Crippen LogP contribution is 2.54. The molecule has 0 radical (unpaired) electrons. The Balaban J connectivity index is 2.75. The standard InChI is InChI=1S/C14H28O4S2/c1-3-5-12-20(16,17)18-19(10-7-6-8-11-19)13-14(15)9-4-2/h3-13H2,1-2H3. The van der Waals surface area contributed by atoms with Gasteiger partial charge >= 0.3 is 0 Å². The van der Waals surface area contributed by atoms with Crippen LogP contribution in [-0.4, -0.2) is 37.2 Å². The number of Topliss-reactive ketones (excluding diaryl/α,β-unsaturated/α-hetero) is 1. The average molecular weight is 325 g/mol. The van der Waals surface area contributed by atoms with Crippen LogP contribution in [0.25, 0.3) is 0 Å². The molecule has 1 heterocycles. The molecule has 0 unspecified atom stereocenters. The second-order valence-corrected chi connectivity index (χ2v) is 10.7. The third kappa shape index (κ3) is 6.14. The van der Waals surface area contributed by atoms with E-state index in [9.17, 15) is 13.2 Å². The summed E-state index contributed by atoms with van der Waals surface area (Å²) in [6, 6.07) is 0. The second-order valence-electron chi connectivity index (χ2n) is 5.55. The fourth-order valence-electron chi connectivity index (χ4n) is 2.46. The number of rotatable bonds is 9. The molecule has 0 aromatic rings. The van der Waals surface area contributed by atoms with Crippen molar-refractivity contribution in [2.45, 2.75) is 58.8 Å². The molecule has 0 aromatic heterocycles. The lowest BCUT2D eigenvalue weighted by Crippen LogP contribution is -2.28. The van der Waals surface area contributed by atoms with Crippen molar-refractivity contribution >= 4 is 26.2 Å². The molecule has 0 atom stereocenters. The van der Waals surface area contributed by atoms with Gasteiger partial charge in [0.2, 0.25) is 0 Å². The van der Waals surface area contributed by atoms with Gasteiger partial charge in [0.05, 0.1) is 11.5 Å². The molecule has 120 valence electrons. The Labute approximate surface area is 125 Å². The first-order valence-corrected chi connectivity index (χ1v) is 11.3. The second kappa shape index (κ2) is 8.39. The van der Waals surface area contributed by atoms with Crippen molar-refractivity contribution in [3.8, 4) is 0 Å². The van der Waals surface area contributed by atoms with Gasteiger partial charge in [0.1, 0.15) is 5.78 Å². The smallest absolute Gasteiger partial charge is 0.276 e. The summed E-state index contributed by atoms with van der Waals surface area (Å²) in [6.45, 7) is 3.93. The van der Waals surface area contributed by atoms with Crippen molar-refractivity contribution in [1.29, 1.82) is 0 Å². The molecule has 1 saturated heterocycles. The van der Waals surface area contributed by atoms with E-state index in [4.69, 9.17) is 3.63 Å². The van der Waals surface area contributed by atoms with Crippen LogP contribution >= 0.6 is 10.3 Å². The summed E-state index contributed by atoms with van der Waals surface area (Å²) in [4.78, 5) is 12.0. The van der Waals surface area contributed by atoms with Crippen LogP contribution in [0.4, 0.5) is 0 Å². The maximum absolute atomic E-state index is 12.1. The molecule has 20 heavy (non-hydrogen) atoms. The van der Waals surface area contributed by atoms with Gasteiger partial charge in [0.25, 0.3) is 10.1 Å². The lowest BCUT2D eigenvalue weighted by molar-refractivity contribution is -0.116. The van der Waals surface area contributed by atoms with Crippen LogP contribution < -0.4 is 0 Å². The summed E-state index contributed by atoms with van der Waals surface area (Å²) in [7, 11) is -5.22. The lowest BCUT2D eigenvalue weighted by atomic mass is 10.2. The van der Waals surface area contributed by atoms with E-state index in [1.54, 1.807) is 0 Å². The van der Waals surface area contributed by atoms with Crippen LogP contribution in [0.3, 0.4) is 0 Å². The fourth-order valence-corrected chi connectivity index (χ4v) is 8.56. The van der Waals surface area contributed by atoms with Crippen LogP contribution in [-0.2, 0) is 18.5 Å². The zero-order valence-electron chi connectivity index (χ0n) is 12.7. The van der Waals surface area contributed by atoms with Crippen molar-refractivity contribution < 1.29 is 16.8 Å². The molecule has 0 bridgehead atoms. The molecule has 0 aliphatic carbocycles. The van der Waals surface area contributed by atoms with E-state index in [1.165, 1.54) is 0 Å². The third-order valence-corrected chi connectivity index (χ3v) is 9.17. The maximum atomic E-state index is 12.1. The maximum Gasteiger partial charge on any atom is 0.276 e. The first kappa shape index (κ1) is 18.0. The van der Waals surface area contributed by atoms with E-state index in [0.29, 0.717) is 18.6 Å². The molecule has 4 nitrogen and oxygen atoms in total. The number of carbonyl (C=O) groups is 1. The van der Waals surface area contributed by atoms with Gasteiger partial charge in [-0.1, -0.05) is 26.7 Å². The Morgan fingerprint density at radius 2 is 1.75 bits per heavy atom. The molecular weight excluding hydrogens is 296 g/mol. The van der Waals surface area contributed by atoms with Gasteiger partial charge in [0, 0.05) is 17.9 Å². The van der Waals surface area contributed by atoms with E-state index >= 15 is 0 Å². The van der Waals surface area contributed by atoms with Gasteiger partial charge in [-0.05, 0) is 25.7 Å². The van der Waals surface area contributed by atoms with E-state index in [1.807, 2.05) is 13.8 Å². The Morgan fingerprint density at radius 3 is 2.30 bits per heavy atom. The Bertz CT molecular complexity index is 397. The Kier molecular flexibility index (Phi) is 7.54. The quantitative estimate of drug-likeness (QED) is 0.652. The van der Waals surface area contributed by atoms with Gasteiger partial charge in [-0.25, -0.2) is 3.63 Å². The van der Waals surface area contributed by atoms with E-state index < -0.39 is 20.4 Å².